The molecule has 1 N–H and O–H groups in total. The molecule has 0 aliphatic carbocycles. The number of rotatable bonds is 5. The Morgan fingerprint density at radius 3 is 2.74 bits per heavy atom. The van der Waals surface area contributed by atoms with Gasteiger partial charge >= 0.3 is 0 Å². The number of carbonyl (C=O) groups is 1. The summed E-state index contributed by atoms with van der Waals surface area (Å²) in [6.45, 7) is 4.46. The molecule has 1 aliphatic rings. The molecule has 31 heavy (non-hydrogen) atoms. The van der Waals surface area contributed by atoms with Gasteiger partial charge in [0.05, 0.1) is 10.2 Å². The number of nitrogens with one attached hydrogen (secondary N) is 1. The van der Waals surface area contributed by atoms with Crippen molar-refractivity contribution in [2.75, 3.05) is 24.5 Å². The van der Waals surface area contributed by atoms with E-state index in [4.69, 9.17) is 0 Å². The first kappa shape index (κ1) is 19.9. The standard InChI is InChI=1S/C24H25N5OS/c1-16(17-6-3-2-4-7-17)14-26-23(30)18-9-12-29(13-10-18)22-21-20(27-15-28-22)19-8-5-11-25-24(19)31-21/h2-8,11,15-16,18H,9-10,12-14H2,1H3,(H,26,30)/t16-/m1/s1. The number of aromatic nitrogens is 3. The zero-order valence-corrected chi connectivity index (χ0v) is 18.3. The van der Waals surface area contributed by atoms with Gasteiger partial charge in [0.2, 0.25) is 5.91 Å². The van der Waals surface area contributed by atoms with Gasteiger partial charge in [-0.1, -0.05) is 37.3 Å². The van der Waals surface area contributed by atoms with Crippen LogP contribution in [0.4, 0.5) is 5.82 Å². The van der Waals surface area contributed by atoms with Gasteiger partial charge in [0.15, 0.2) is 0 Å². The largest absolute Gasteiger partial charge is 0.355 e. The molecule has 6 nitrogen and oxygen atoms in total. The van der Waals surface area contributed by atoms with E-state index in [-0.39, 0.29) is 11.8 Å². The third kappa shape index (κ3) is 3.97. The summed E-state index contributed by atoms with van der Waals surface area (Å²) in [5.41, 5.74) is 2.22. The van der Waals surface area contributed by atoms with E-state index in [0.717, 1.165) is 52.2 Å². The van der Waals surface area contributed by atoms with Gasteiger partial charge in [0, 0.05) is 37.1 Å². The van der Waals surface area contributed by atoms with Gasteiger partial charge in [-0.3, -0.25) is 4.79 Å². The normalized spacial score (nSPS) is 16.0. The molecule has 1 amide bonds. The number of carbonyl (C=O) groups excluding carboxylic acids is 1. The fourth-order valence-electron chi connectivity index (χ4n) is 4.28. The fraction of sp³-hybridized carbons (Fsp3) is 0.333. The van der Waals surface area contributed by atoms with E-state index in [1.54, 1.807) is 17.7 Å². The van der Waals surface area contributed by atoms with Gasteiger partial charge in [-0.2, -0.15) is 0 Å². The summed E-state index contributed by atoms with van der Waals surface area (Å²) in [6.07, 6.45) is 5.12. The smallest absolute Gasteiger partial charge is 0.223 e. The second-order valence-corrected chi connectivity index (χ2v) is 9.15. The summed E-state index contributed by atoms with van der Waals surface area (Å²) < 4.78 is 1.08. The number of nitrogens with zero attached hydrogens (tertiary/aromatic N) is 4. The summed E-state index contributed by atoms with van der Waals surface area (Å²) in [5.74, 6) is 1.49. The molecule has 5 rings (SSSR count). The molecule has 0 spiro atoms. The second-order valence-electron chi connectivity index (χ2n) is 8.15. The van der Waals surface area contributed by atoms with Crippen molar-refractivity contribution in [1.82, 2.24) is 20.3 Å². The second kappa shape index (κ2) is 8.59. The molecule has 1 aromatic carbocycles. The summed E-state index contributed by atoms with van der Waals surface area (Å²) in [7, 11) is 0. The fourth-order valence-corrected chi connectivity index (χ4v) is 5.39. The topological polar surface area (TPSA) is 71.0 Å². The van der Waals surface area contributed by atoms with Crippen molar-refractivity contribution in [3.05, 3.63) is 60.6 Å². The van der Waals surface area contributed by atoms with Crippen LogP contribution >= 0.6 is 11.3 Å². The summed E-state index contributed by atoms with van der Waals surface area (Å²) in [4.78, 5) is 29.6. The number of fused-ring (bicyclic) bond motifs is 3. The highest BCUT2D eigenvalue weighted by Gasteiger charge is 2.27. The molecule has 1 atom stereocenters. The number of anilines is 1. The first-order valence-electron chi connectivity index (χ1n) is 10.8. The molecule has 0 bridgehead atoms. The molecule has 0 saturated carbocycles. The zero-order chi connectivity index (χ0) is 21.2. The number of pyridine rings is 1. The van der Waals surface area contributed by atoms with Crippen LogP contribution in [0.2, 0.25) is 0 Å². The number of thiophene rings is 1. The van der Waals surface area contributed by atoms with E-state index in [0.29, 0.717) is 12.5 Å². The van der Waals surface area contributed by atoms with Crippen LogP contribution in [0.5, 0.6) is 0 Å². The zero-order valence-electron chi connectivity index (χ0n) is 17.5. The molecule has 0 radical (unpaired) electrons. The van der Waals surface area contributed by atoms with E-state index in [9.17, 15) is 4.79 Å². The van der Waals surface area contributed by atoms with Crippen LogP contribution < -0.4 is 10.2 Å². The van der Waals surface area contributed by atoms with Crippen molar-refractivity contribution in [1.29, 1.82) is 0 Å². The molecule has 4 aromatic rings. The van der Waals surface area contributed by atoms with E-state index < -0.39 is 0 Å². The molecule has 4 heterocycles. The minimum Gasteiger partial charge on any atom is -0.355 e. The van der Waals surface area contributed by atoms with Crippen molar-refractivity contribution >= 4 is 43.5 Å². The average Bonchev–Trinajstić information content (AvgIpc) is 3.22. The van der Waals surface area contributed by atoms with Crippen LogP contribution in [0.3, 0.4) is 0 Å². The summed E-state index contributed by atoms with van der Waals surface area (Å²) >= 11 is 1.64. The van der Waals surface area contributed by atoms with Crippen molar-refractivity contribution in [3.8, 4) is 0 Å². The number of benzene rings is 1. The third-order valence-corrected chi connectivity index (χ3v) is 7.23. The maximum Gasteiger partial charge on any atom is 0.223 e. The van der Waals surface area contributed by atoms with Crippen molar-refractivity contribution in [2.45, 2.75) is 25.7 Å². The molecular formula is C24H25N5OS. The number of amides is 1. The lowest BCUT2D eigenvalue weighted by Crippen LogP contribution is -2.41. The Balaban J connectivity index is 1.23. The molecule has 0 unspecified atom stereocenters. The number of hydrogen-bond donors (Lipinski definition) is 1. The lowest BCUT2D eigenvalue weighted by atomic mass is 9.95. The Morgan fingerprint density at radius 2 is 1.94 bits per heavy atom. The van der Waals surface area contributed by atoms with E-state index >= 15 is 0 Å². The number of hydrogen-bond acceptors (Lipinski definition) is 6. The third-order valence-electron chi connectivity index (χ3n) is 6.13. The van der Waals surface area contributed by atoms with E-state index in [1.807, 2.05) is 30.5 Å². The molecule has 1 fully saturated rings. The first-order chi connectivity index (χ1) is 15.2. The first-order valence-corrected chi connectivity index (χ1v) is 11.6. The Bertz CT molecular complexity index is 1200. The lowest BCUT2D eigenvalue weighted by molar-refractivity contribution is -0.125. The molecule has 7 heteroatoms. The Hall–Kier alpha value is -3.06. The van der Waals surface area contributed by atoms with E-state index in [1.165, 1.54) is 5.56 Å². The highest BCUT2D eigenvalue weighted by molar-refractivity contribution is 7.25. The van der Waals surface area contributed by atoms with E-state index in [2.05, 4.69) is 50.3 Å². The Kier molecular flexibility index (Phi) is 5.51. The van der Waals surface area contributed by atoms with Gasteiger partial charge in [-0.25, -0.2) is 15.0 Å². The lowest BCUT2D eigenvalue weighted by Gasteiger charge is -2.32. The van der Waals surface area contributed by atoms with Crippen LogP contribution in [0.15, 0.2) is 55.0 Å². The van der Waals surface area contributed by atoms with Crippen molar-refractivity contribution < 1.29 is 4.79 Å². The molecular weight excluding hydrogens is 406 g/mol. The Morgan fingerprint density at radius 1 is 1.13 bits per heavy atom. The molecule has 1 aliphatic heterocycles. The monoisotopic (exact) mass is 431 g/mol. The summed E-state index contributed by atoms with van der Waals surface area (Å²) in [6, 6.07) is 14.3. The van der Waals surface area contributed by atoms with Gasteiger partial charge in [0.1, 0.15) is 17.0 Å². The molecule has 3 aromatic heterocycles. The highest BCUT2D eigenvalue weighted by Crippen LogP contribution is 2.37. The van der Waals surface area contributed by atoms with Gasteiger partial charge in [0.25, 0.3) is 0 Å². The predicted molar refractivity (Wildman–Crippen MR) is 126 cm³/mol. The SMILES string of the molecule is C[C@H](CNC(=O)C1CCN(c2ncnc3c2sc2ncccc23)CC1)c1ccccc1. The van der Waals surface area contributed by atoms with Crippen molar-refractivity contribution in [3.63, 3.8) is 0 Å². The average molecular weight is 432 g/mol. The minimum atomic E-state index is 0.0561. The van der Waals surface area contributed by atoms with Gasteiger partial charge in [-0.15, -0.1) is 11.3 Å². The summed E-state index contributed by atoms with van der Waals surface area (Å²) in [5, 5.41) is 4.24. The van der Waals surface area contributed by atoms with Gasteiger partial charge < -0.3 is 10.2 Å². The molecule has 1 saturated heterocycles. The van der Waals surface area contributed by atoms with Crippen LogP contribution in [0, 0.1) is 5.92 Å². The molecule has 158 valence electrons. The van der Waals surface area contributed by atoms with Crippen LogP contribution in [-0.4, -0.2) is 40.5 Å². The maximum atomic E-state index is 12.7. The maximum absolute atomic E-state index is 12.7. The number of piperidine rings is 1. The predicted octanol–water partition coefficient (Wildman–Crippen LogP) is 4.38. The van der Waals surface area contributed by atoms with Crippen LogP contribution in [0.1, 0.15) is 31.2 Å². The van der Waals surface area contributed by atoms with Crippen molar-refractivity contribution in [2.24, 2.45) is 5.92 Å². The van der Waals surface area contributed by atoms with Crippen LogP contribution in [0.25, 0.3) is 20.4 Å². The van der Waals surface area contributed by atoms with Crippen LogP contribution in [-0.2, 0) is 4.79 Å². The minimum absolute atomic E-state index is 0.0561. The quantitative estimate of drug-likeness (QED) is 0.508. The van der Waals surface area contributed by atoms with Gasteiger partial charge in [-0.05, 0) is 36.5 Å². The Labute approximate surface area is 185 Å². The highest BCUT2D eigenvalue weighted by atomic mass is 32.1.